The first kappa shape index (κ1) is 34.0. The fourth-order valence-electron chi connectivity index (χ4n) is 8.27. The van der Waals surface area contributed by atoms with Crippen molar-refractivity contribution in [3.63, 3.8) is 0 Å². The van der Waals surface area contributed by atoms with Crippen LogP contribution in [0.5, 0.6) is 0 Å². The second-order valence-electron chi connectivity index (χ2n) is 14.5. The summed E-state index contributed by atoms with van der Waals surface area (Å²) in [5, 5.41) is 4.90. The smallest absolute Gasteiger partial charge is 0.0540 e. The van der Waals surface area contributed by atoms with Gasteiger partial charge in [-0.25, -0.2) is 0 Å². The molecule has 1 heteroatoms. The summed E-state index contributed by atoms with van der Waals surface area (Å²) in [7, 11) is 0. The Morgan fingerprint density at radius 2 is 0.684 bits per heavy atom. The predicted octanol–water partition coefficient (Wildman–Crippen LogP) is 15.8. The van der Waals surface area contributed by atoms with Crippen molar-refractivity contribution in [1.29, 1.82) is 0 Å². The van der Waals surface area contributed by atoms with E-state index in [4.69, 9.17) is 0 Å². The molecule has 10 aromatic rings. The van der Waals surface area contributed by atoms with Gasteiger partial charge in [0.2, 0.25) is 0 Å². The van der Waals surface area contributed by atoms with Gasteiger partial charge in [0.25, 0.3) is 0 Å². The maximum Gasteiger partial charge on any atom is 0.0540 e. The minimum atomic E-state index is 1.10. The lowest BCUT2D eigenvalue weighted by molar-refractivity contribution is 1.30. The number of nitrogens with zero attached hydrogens (tertiary/aromatic N) is 1. The van der Waals surface area contributed by atoms with Crippen LogP contribution in [0, 0.1) is 0 Å². The van der Waals surface area contributed by atoms with E-state index in [0.717, 1.165) is 22.6 Å². The van der Waals surface area contributed by atoms with Crippen LogP contribution in [0.4, 0.5) is 17.1 Å². The maximum atomic E-state index is 2.44. The zero-order valence-electron chi connectivity index (χ0n) is 31.5. The third-order valence-electron chi connectivity index (χ3n) is 11.1. The molecule has 0 atom stereocenters. The molecule has 0 radical (unpaired) electrons. The van der Waals surface area contributed by atoms with Gasteiger partial charge < -0.3 is 4.90 Å². The zero-order valence-corrected chi connectivity index (χ0v) is 31.5. The van der Waals surface area contributed by atoms with Crippen LogP contribution in [0.3, 0.4) is 0 Å². The molecule has 0 bridgehead atoms. The Morgan fingerprint density at radius 1 is 0.228 bits per heavy atom. The van der Waals surface area contributed by atoms with Crippen molar-refractivity contribution in [3.05, 3.63) is 237 Å². The molecule has 57 heavy (non-hydrogen) atoms. The quantitative estimate of drug-likeness (QED) is 0.151. The first-order valence-electron chi connectivity index (χ1n) is 19.6. The Bertz CT molecular complexity index is 2990. The number of benzene rings is 10. The van der Waals surface area contributed by atoms with Gasteiger partial charge in [-0.2, -0.15) is 0 Å². The lowest BCUT2D eigenvalue weighted by Gasteiger charge is -2.29. The molecule has 0 saturated heterocycles. The highest BCUT2D eigenvalue weighted by Crippen LogP contribution is 2.47. The summed E-state index contributed by atoms with van der Waals surface area (Å²) in [5.41, 5.74) is 15.3. The first-order valence-corrected chi connectivity index (χ1v) is 19.6. The highest BCUT2D eigenvalue weighted by atomic mass is 15.1. The van der Waals surface area contributed by atoms with Crippen molar-refractivity contribution in [2.24, 2.45) is 0 Å². The lowest BCUT2D eigenvalue weighted by atomic mass is 9.88. The van der Waals surface area contributed by atoms with Gasteiger partial charge in [0.15, 0.2) is 0 Å². The summed E-state index contributed by atoms with van der Waals surface area (Å²) in [6.45, 7) is 0. The highest BCUT2D eigenvalue weighted by molar-refractivity contribution is 6.03. The summed E-state index contributed by atoms with van der Waals surface area (Å²) in [5.74, 6) is 0. The topological polar surface area (TPSA) is 3.24 Å². The van der Waals surface area contributed by atoms with Crippen LogP contribution >= 0.6 is 0 Å². The highest BCUT2D eigenvalue weighted by Gasteiger charge is 2.21. The average molecular weight is 726 g/mol. The van der Waals surface area contributed by atoms with Crippen LogP contribution < -0.4 is 4.90 Å². The molecule has 0 amide bonds. The van der Waals surface area contributed by atoms with Gasteiger partial charge in [-0.05, 0) is 96.6 Å². The SMILES string of the molecule is c1ccc(-c2ccc(-c3ccccc3-c3ccccc3-c3ccccc3N(c3ccc(-c4ccc5ccccc5c4)cc3)c3cccc4ccccc34)cc2)cc1. The van der Waals surface area contributed by atoms with Gasteiger partial charge in [-0.3, -0.25) is 0 Å². The van der Waals surface area contributed by atoms with Crippen LogP contribution in [0.1, 0.15) is 0 Å². The summed E-state index contributed by atoms with van der Waals surface area (Å²) in [6.07, 6.45) is 0. The fourth-order valence-corrected chi connectivity index (χ4v) is 8.27. The normalized spacial score (nSPS) is 11.2. The number of hydrogen-bond acceptors (Lipinski definition) is 1. The molecular formula is C56H39N. The molecule has 0 heterocycles. The number of rotatable bonds is 8. The van der Waals surface area contributed by atoms with E-state index in [1.165, 1.54) is 71.6 Å². The van der Waals surface area contributed by atoms with Crippen molar-refractivity contribution < 1.29 is 0 Å². The van der Waals surface area contributed by atoms with E-state index in [-0.39, 0.29) is 0 Å². The second kappa shape index (κ2) is 15.0. The lowest BCUT2D eigenvalue weighted by Crippen LogP contribution is -2.12. The van der Waals surface area contributed by atoms with E-state index in [1.807, 2.05) is 0 Å². The molecule has 0 aromatic heterocycles. The van der Waals surface area contributed by atoms with E-state index in [0.29, 0.717) is 0 Å². The first-order chi connectivity index (χ1) is 28.3. The van der Waals surface area contributed by atoms with Crippen LogP contribution in [0.15, 0.2) is 237 Å². The van der Waals surface area contributed by atoms with Crippen molar-refractivity contribution in [3.8, 4) is 55.6 Å². The summed E-state index contributed by atoms with van der Waals surface area (Å²) < 4.78 is 0. The van der Waals surface area contributed by atoms with E-state index >= 15 is 0 Å². The molecule has 0 aliphatic heterocycles. The Kier molecular flexibility index (Phi) is 8.95. The molecular weight excluding hydrogens is 687 g/mol. The van der Waals surface area contributed by atoms with Crippen LogP contribution in [-0.4, -0.2) is 0 Å². The second-order valence-corrected chi connectivity index (χ2v) is 14.5. The van der Waals surface area contributed by atoms with Crippen molar-refractivity contribution >= 4 is 38.6 Å². The van der Waals surface area contributed by atoms with Gasteiger partial charge in [-0.1, -0.05) is 206 Å². The summed E-state index contributed by atoms with van der Waals surface area (Å²) in [6, 6.07) is 85.7. The summed E-state index contributed by atoms with van der Waals surface area (Å²) >= 11 is 0. The number of hydrogen-bond donors (Lipinski definition) is 0. The predicted molar refractivity (Wildman–Crippen MR) is 243 cm³/mol. The Labute approximate surface area is 334 Å². The fraction of sp³-hybridized carbons (Fsp3) is 0. The zero-order chi connectivity index (χ0) is 38.0. The molecule has 10 aromatic carbocycles. The number of para-hydroxylation sites is 1. The minimum absolute atomic E-state index is 1.10. The average Bonchev–Trinajstić information content (AvgIpc) is 3.30. The molecule has 0 spiro atoms. The molecule has 0 aliphatic carbocycles. The Balaban J connectivity index is 1.11. The molecule has 1 nitrogen and oxygen atoms in total. The van der Waals surface area contributed by atoms with Gasteiger partial charge in [0.05, 0.1) is 11.4 Å². The molecule has 268 valence electrons. The van der Waals surface area contributed by atoms with Gasteiger partial charge in [-0.15, -0.1) is 0 Å². The Hall–Kier alpha value is -7.48. The third kappa shape index (κ3) is 6.56. The van der Waals surface area contributed by atoms with Crippen LogP contribution in [-0.2, 0) is 0 Å². The van der Waals surface area contributed by atoms with Crippen molar-refractivity contribution in [1.82, 2.24) is 0 Å². The standard InChI is InChI=1S/C56H39N/c1-2-15-40(16-3-1)42-29-32-45(33-30-42)49-21-8-9-23-51(49)52-24-10-11-25-53(52)54-26-12-13-27-56(54)57(55-28-14-20-44-18-6-7-22-50(44)55)48-37-35-43(36-38-48)47-34-31-41-17-4-5-19-46(41)39-47/h1-39H. The van der Waals surface area contributed by atoms with E-state index in [2.05, 4.69) is 241 Å². The van der Waals surface area contributed by atoms with Crippen molar-refractivity contribution in [2.45, 2.75) is 0 Å². The van der Waals surface area contributed by atoms with E-state index < -0.39 is 0 Å². The van der Waals surface area contributed by atoms with Gasteiger partial charge in [0, 0.05) is 16.6 Å². The van der Waals surface area contributed by atoms with E-state index in [1.54, 1.807) is 0 Å². The molecule has 0 unspecified atom stereocenters. The molecule has 0 aliphatic rings. The molecule has 0 saturated carbocycles. The molecule has 10 rings (SSSR count). The Morgan fingerprint density at radius 3 is 1.44 bits per heavy atom. The molecule has 0 N–H and O–H groups in total. The van der Waals surface area contributed by atoms with Crippen LogP contribution in [0.2, 0.25) is 0 Å². The van der Waals surface area contributed by atoms with Crippen LogP contribution in [0.25, 0.3) is 77.2 Å². The largest absolute Gasteiger partial charge is 0.309 e. The third-order valence-corrected chi connectivity index (χ3v) is 11.1. The maximum absolute atomic E-state index is 2.44. The number of fused-ring (bicyclic) bond motifs is 2. The van der Waals surface area contributed by atoms with Gasteiger partial charge >= 0.3 is 0 Å². The monoisotopic (exact) mass is 725 g/mol. The number of anilines is 3. The molecule has 0 fully saturated rings. The summed E-state index contributed by atoms with van der Waals surface area (Å²) in [4.78, 5) is 2.44. The minimum Gasteiger partial charge on any atom is -0.309 e. The van der Waals surface area contributed by atoms with Crippen molar-refractivity contribution in [2.75, 3.05) is 4.90 Å². The van der Waals surface area contributed by atoms with E-state index in [9.17, 15) is 0 Å². The van der Waals surface area contributed by atoms with Gasteiger partial charge in [0.1, 0.15) is 0 Å².